The van der Waals surface area contributed by atoms with E-state index in [1.807, 2.05) is 25.1 Å². The normalized spacial score (nSPS) is 12.7. The Morgan fingerprint density at radius 3 is 2.67 bits per heavy atom. The molecule has 0 aliphatic heterocycles. The third-order valence-corrected chi connectivity index (χ3v) is 1.93. The highest BCUT2D eigenvalue weighted by Gasteiger charge is 2.02. The van der Waals surface area contributed by atoms with Crippen molar-refractivity contribution in [2.45, 2.75) is 20.1 Å². The molecular formula is C9H11BrO2. The minimum Gasteiger partial charge on any atom is -0.465 e. The molecule has 0 saturated carbocycles. The van der Waals surface area contributed by atoms with Crippen LogP contribution in [0.2, 0.25) is 0 Å². The van der Waals surface area contributed by atoms with E-state index in [2.05, 4.69) is 15.9 Å². The van der Waals surface area contributed by atoms with E-state index in [1.54, 1.807) is 6.92 Å². The van der Waals surface area contributed by atoms with E-state index in [0.29, 0.717) is 5.75 Å². The summed E-state index contributed by atoms with van der Waals surface area (Å²) in [6.07, 6.45) is -0.759. The molecule has 0 heterocycles. The Morgan fingerprint density at radius 2 is 2.17 bits per heavy atom. The van der Waals surface area contributed by atoms with Crippen molar-refractivity contribution in [3.05, 3.63) is 28.2 Å². The van der Waals surface area contributed by atoms with Gasteiger partial charge in [0.05, 0.1) is 0 Å². The summed E-state index contributed by atoms with van der Waals surface area (Å²) in [6, 6.07) is 5.65. The number of aliphatic hydroxyl groups is 1. The maximum absolute atomic E-state index is 8.97. The van der Waals surface area contributed by atoms with Crippen LogP contribution in [0.25, 0.3) is 0 Å². The number of hydrogen-bond acceptors (Lipinski definition) is 2. The van der Waals surface area contributed by atoms with Gasteiger partial charge in [-0.1, -0.05) is 15.9 Å². The van der Waals surface area contributed by atoms with E-state index in [1.165, 1.54) is 0 Å². The van der Waals surface area contributed by atoms with E-state index in [4.69, 9.17) is 9.84 Å². The van der Waals surface area contributed by atoms with Gasteiger partial charge in [-0.3, -0.25) is 0 Å². The van der Waals surface area contributed by atoms with Gasteiger partial charge in [0.15, 0.2) is 6.29 Å². The van der Waals surface area contributed by atoms with E-state index in [0.717, 1.165) is 10.0 Å². The molecule has 1 N–H and O–H groups in total. The van der Waals surface area contributed by atoms with Gasteiger partial charge in [-0.15, -0.1) is 0 Å². The summed E-state index contributed by atoms with van der Waals surface area (Å²) in [6.45, 7) is 3.52. The van der Waals surface area contributed by atoms with Crippen molar-refractivity contribution in [2.24, 2.45) is 0 Å². The lowest BCUT2D eigenvalue weighted by Crippen LogP contribution is -2.10. The van der Waals surface area contributed by atoms with Crippen molar-refractivity contribution in [1.29, 1.82) is 0 Å². The monoisotopic (exact) mass is 230 g/mol. The molecule has 1 rings (SSSR count). The predicted molar refractivity (Wildman–Crippen MR) is 51.2 cm³/mol. The molecule has 2 nitrogen and oxygen atoms in total. The SMILES string of the molecule is Cc1cc(Br)ccc1OC(C)O. The van der Waals surface area contributed by atoms with Gasteiger partial charge in [0.25, 0.3) is 0 Å². The zero-order valence-corrected chi connectivity index (χ0v) is 8.63. The Morgan fingerprint density at radius 1 is 1.50 bits per heavy atom. The van der Waals surface area contributed by atoms with Crippen LogP contribution in [0.4, 0.5) is 0 Å². The number of hydrogen-bond donors (Lipinski definition) is 1. The minimum atomic E-state index is -0.759. The van der Waals surface area contributed by atoms with Crippen LogP contribution in [0.1, 0.15) is 12.5 Å². The molecule has 1 aromatic rings. The van der Waals surface area contributed by atoms with E-state index in [-0.39, 0.29) is 0 Å². The molecule has 0 fully saturated rings. The first-order valence-corrected chi connectivity index (χ1v) is 4.50. The first kappa shape index (κ1) is 9.55. The van der Waals surface area contributed by atoms with Crippen LogP contribution in [-0.4, -0.2) is 11.4 Å². The van der Waals surface area contributed by atoms with Crippen LogP contribution in [-0.2, 0) is 0 Å². The molecule has 0 aliphatic carbocycles. The quantitative estimate of drug-likeness (QED) is 0.792. The average Bonchev–Trinajstić information content (AvgIpc) is 1.94. The van der Waals surface area contributed by atoms with Gasteiger partial charge in [-0.25, -0.2) is 0 Å². The molecule has 0 aliphatic rings. The third kappa shape index (κ3) is 2.50. The van der Waals surface area contributed by atoms with Gasteiger partial charge in [0.1, 0.15) is 5.75 Å². The molecule has 1 aromatic carbocycles. The highest BCUT2D eigenvalue weighted by atomic mass is 79.9. The lowest BCUT2D eigenvalue weighted by atomic mass is 10.2. The van der Waals surface area contributed by atoms with Crippen molar-refractivity contribution in [3.8, 4) is 5.75 Å². The topological polar surface area (TPSA) is 29.5 Å². The third-order valence-electron chi connectivity index (χ3n) is 1.43. The van der Waals surface area contributed by atoms with Crippen LogP contribution < -0.4 is 4.74 Å². The molecule has 3 heteroatoms. The Labute approximate surface area is 80.3 Å². The standard InChI is InChI=1S/C9H11BrO2/c1-6-5-8(10)3-4-9(6)12-7(2)11/h3-5,7,11H,1-2H3. The van der Waals surface area contributed by atoms with Gasteiger partial charge < -0.3 is 9.84 Å². The number of benzene rings is 1. The predicted octanol–water partition coefficient (Wildman–Crippen LogP) is 2.47. The summed E-state index contributed by atoms with van der Waals surface area (Å²) in [5, 5.41) is 8.97. The highest BCUT2D eigenvalue weighted by molar-refractivity contribution is 9.10. The molecule has 1 unspecified atom stereocenters. The Bertz CT molecular complexity index is 271. The number of ether oxygens (including phenoxy) is 1. The maximum atomic E-state index is 8.97. The summed E-state index contributed by atoms with van der Waals surface area (Å²) in [4.78, 5) is 0. The van der Waals surface area contributed by atoms with Crippen LogP contribution >= 0.6 is 15.9 Å². The molecule has 0 spiro atoms. The number of aryl methyl sites for hydroxylation is 1. The molecule has 0 aromatic heterocycles. The smallest absolute Gasteiger partial charge is 0.194 e. The highest BCUT2D eigenvalue weighted by Crippen LogP contribution is 2.22. The van der Waals surface area contributed by atoms with E-state index >= 15 is 0 Å². The summed E-state index contributed by atoms with van der Waals surface area (Å²) < 4.78 is 6.15. The molecular weight excluding hydrogens is 220 g/mol. The Kier molecular flexibility index (Phi) is 3.12. The summed E-state index contributed by atoms with van der Waals surface area (Å²) in [5.74, 6) is 0.716. The largest absolute Gasteiger partial charge is 0.465 e. The van der Waals surface area contributed by atoms with Crippen LogP contribution in [0.3, 0.4) is 0 Å². The van der Waals surface area contributed by atoms with E-state index in [9.17, 15) is 0 Å². The van der Waals surface area contributed by atoms with Crippen molar-refractivity contribution in [2.75, 3.05) is 0 Å². The first-order chi connectivity index (χ1) is 5.59. The van der Waals surface area contributed by atoms with Crippen LogP contribution in [0.5, 0.6) is 5.75 Å². The molecule has 0 radical (unpaired) electrons. The average molecular weight is 231 g/mol. The summed E-state index contributed by atoms with van der Waals surface area (Å²) >= 11 is 3.34. The fourth-order valence-electron chi connectivity index (χ4n) is 0.929. The molecule has 0 amide bonds. The van der Waals surface area contributed by atoms with E-state index < -0.39 is 6.29 Å². The molecule has 66 valence electrons. The molecule has 12 heavy (non-hydrogen) atoms. The minimum absolute atomic E-state index is 0.716. The number of rotatable bonds is 2. The van der Waals surface area contributed by atoms with Crippen molar-refractivity contribution >= 4 is 15.9 Å². The zero-order valence-electron chi connectivity index (χ0n) is 7.04. The summed E-state index contributed by atoms with van der Waals surface area (Å²) in [5.41, 5.74) is 1.00. The second-order valence-corrected chi connectivity index (χ2v) is 3.54. The summed E-state index contributed by atoms with van der Waals surface area (Å²) in [7, 11) is 0. The van der Waals surface area contributed by atoms with Crippen molar-refractivity contribution in [1.82, 2.24) is 0 Å². The lowest BCUT2D eigenvalue weighted by molar-refractivity contribution is -0.000811. The van der Waals surface area contributed by atoms with Crippen molar-refractivity contribution in [3.63, 3.8) is 0 Å². The maximum Gasteiger partial charge on any atom is 0.194 e. The van der Waals surface area contributed by atoms with Gasteiger partial charge in [-0.2, -0.15) is 0 Å². The van der Waals surface area contributed by atoms with Gasteiger partial charge in [-0.05, 0) is 37.6 Å². The van der Waals surface area contributed by atoms with Gasteiger partial charge >= 0.3 is 0 Å². The number of aliphatic hydroxyl groups excluding tert-OH is 1. The fourth-order valence-corrected chi connectivity index (χ4v) is 1.40. The second kappa shape index (κ2) is 3.92. The Balaban J connectivity index is 2.86. The lowest BCUT2D eigenvalue weighted by Gasteiger charge is -2.10. The first-order valence-electron chi connectivity index (χ1n) is 3.70. The second-order valence-electron chi connectivity index (χ2n) is 2.63. The van der Waals surface area contributed by atoms with Gasteiger partial charge in [0.2, 0.25) is 0 Å². The molecule has 1 atom stereocenters. The van der Waals surface area contributed by atoms with Crippen LogP contribution in [0.15, 0.2) is 22.7 Å². The zero-order chi connectivity index (χ0) is 9.14. The van der Waals surface area contributed by atoms with Crippen LogP contribution in [0, 0.1) is 6.92 Å². The molecule has 0 bridgehead atoms. The van der Waals surface area contributed by atoms with Gasteiger partial charge in [0, 0.05) is 4.47 Å². The Hall–Kier alpha value is -0.540. The number of halogens is 1. The molecule has 0 saturated heterocycles. The fraction of sp³-hybridized carbons (Fsp3) is 0.333. The van der Waals surface area contributed by atoms with Crippen molar-refractivity contribution < 1.29 is 9.84 Å².